The summed E-state index contributed by atoms with van der Waals surface area (Å²) < 4.78 is 3.23. The molecule has 26 heavy (non-hydrogen) atoms. The van der Waals surface area contributed by atoms with Gasteiger partial charge in [0.2, 0.25) is 5.91 Å². The van der Waals surface area contributed by atoms with E-state index >= 15 is 0 Å². The molecular weight excluding hydrogens is 382 g/mol. The molecule has 1 heterocycles. The number of amides is 1. The molecule has 0 spiro atoms. The smallest absolute Gasteiger partial charge is 0.234 e. The zero-order chi connectivity index (χ0) is 18.7. The first-order chi connectivity index (χ1) is 12.4. The van der Waals surface area contributed by atoms with E-state index in [0.717, 1.165) is 26.8 Å². The van der Waals surface area contributed by atoms with E-state index in [4.69, 9.17) is 12.2 Å². The highest BCUT2D eigenvalue weighted by molar-refractivity contribution is 8.01. The van der Waals surface area contributed by atoms with Crippen LogP contribution in [0.15, 0.2) is 46.8 Å². The van der Waals surface area contributed by atoms with Gasteiger partial charge in [-0.2, -0.15) is 0 Å². The fraction of sp³-hybridized carbons (Fsp3) is 0.211. The number of aromatic nitrogens is 2. The molecule has 7 heteroatoms. The Balaban J connectivity index is 1.66. The van der Waals surface area contributed by atoms with Crippen LogP contribution < -0.4 is 5.32 Å². The van der Waals surface area contributed by atoms with Crippen molar-refractivity contribution in [1.29, 1.82) is 0 Å². The molecule has 134 valence electrons. The maximum Gasteiger partial charge on any atom is 0.234 e. The predicted molar refractivity (Wildman–Crippen MR) is 112 cm³/mol. The third-order valence-electron chi connectivity index (χ3n) is 3.99. The zero-order valence-electron chi connectivity index (χ0n) is 14.8. The Morgan fingerprint density at radius 2 is 1.92 bits per heavy atom. The summed E-state index contributed by atoms with van der Waals surface area (Å²) >= 11 is 8.25. The Labute approximate surface area is 166 Å². The molecule has 0 radical (unpaired) electrons. The molecule has 0 bridgehead atoms. The SMILES string of the molecule is Cc1ccc(NC(=O)CSc2nn(-c3ccccc3C)c(=S)s2)cc1C. The summed E-state index contributed by atoms with van der Waals surface area (Å²) in [6, 6.07) is 13.9. The van der Waals surface area contributed by atoms with E-state index in [9.17, 15) is 4.79 Å². The average Bonchev–Trinajstić information content (AvgIpc) is 2.97. The van der Waals surface area contributed by atoms with Gasteiger partial charge in [0.25, 0.3) is 0 Å². The molecule has 1 amide bonds. The van der Waals surface area contributed by atoms with Gasteiger partial charge in [-0.15, -0.1) is 5.10 Å². The quantitative estimate of drug-likeness (QED) is 0.464. The van der Waals surface area contributed by atoms with Crippen molar-refractivity contribution < 1.29 is 4.79 Å². The number of nitrogens with zero attached hydrogens (tertiary/aromatic N) is 2. The number of carbonyl (C=O) groups is 1. The van der Waals surface area contributed by atoms with Crippen molar-refractivity contribution in [2.45, 2.75) is 25.1 Å². The molecule has 1 N–H and O–H groups in total. The maximum absolute atomic E-state index is 12.2. The van der Waals surface area contributed by atoms with Crippen LogP contribution in [0.25, 0.3) is 5.69 Å². The molecule has 0 aliphatic rings. The predicted octanol–water partition coefficient (Wildman–Crippen LogP) is 5.32. The molecular formula is C19H19N3OS3. The Bertz CT molecular complexity index is 1010. The standard InChI is InChI=1S/C19H19N3OS3/c1-12-8-9-15(10-14(12)3)20-17(23)11-25-18-21-22(19(24)26-18)16-7-5-4-6-13(16)2/h4-10H,11H2,1-3H3,(H,20,23). The fourth-order valence-corrected chi connectivity index (χ4v) is 4.56. The second-order valence-electron chi connectivity index (χ2n) is 5.97. The largest absolute Gasteiger partial charge is 0.325 e. The molecule has 0 fully saturated rings. The van der Waals surface area contributed by atoms with Crippen molar-refractivity contribution in [2.24, 2.45) is 0 Å². The van der Waals surface area contributed by atoms with Crippen LogP contribution in [0.5, 0.6) is 0 Å². The monoisotopic (exact) mass is 401 g/mol. The van der Waals surface area contributed by atoms with Crippen molar-refractivity contribution in [3.8, 4) is 5.69 Å². The second kappa shape index (κ2) is 8.16. The van der Waals surface area contributed by atoms with Crippen molar-refractivity contribution >= 4 is 46.9 Å². The molecule has 0 unspecified atom stereocenters. The lowest BCUT2D eigenvalue weighted by molar-refractivity contribution is -0.113. The number of hydrogen-bond acceptors (Lipinski definition) is 5. The van der Waals surface area contributed by atoms with E-state index in [0.29, 0.717) is 9.71 Å². The molecule has 1 aromatic heterocycles. The topological polar surface area (TPSA) is 46.9 Å². The first-order valence-electron chi connectivity index (χ1n) is 8.10. The van der Waals surface area contributed by atoms with Gasteiger partial charge >= 0.3 is 0 Å². The molecule has 0 aliphatic heterocycles. The number of aryl methyl sites for hydroxylation is 3. The van der Waals surface area contributed by atoms with Crippen LogP contribution >= 0.6 is 35.3 Å². The van der Waals surface area contributed by atoms with Crippen LogP contribution in [0.3, 0.4) is 0 Å². The number of thioether (sulfide) groups is 1. The summed E-state index contributed by atoms with van der Waals surface area (Å²) in [6.45, 7) is 6.11. The van der Waals surface area contributed by atoms with Gasteiger partial charge in [-0.1, -0.05) is 47.4 Å². The number of rotatable bonds is 5. The molecule has 3 rings (SSSR count). The molecule has 0 aliphatic carbocycles. The lowest BCUT2D eigenvalue weighted by Crippen LogP contribution is -2.14. The minimum Gasteiger partial charge on any atom is -0.325 e. The van der Waals surface area contributed by atoms with Crippen LogP contribution in [0.4, 0.5) is 5.69 Å². The van der Waals surface area contributed by atoms with E-state index < -0.39 is 0 Å². The molecule has 4 nitrogen and oxygen atoms in total. The van der Waals surface area contributed by atoms with Gasteiger partial charge in [-0.25, -0.2) is 4.68 Å². The van der Waals surface area contributed by atoms with Crippen LogP contribution in [-0.4, -0.2) is 21.4 Å². The maximum atomic E-state index is 12.2. The van der Waals surface area contributed by atoms with Crippen molar-refractivity contribution in [2.75, 3.05) is 11.1 Å². The van der Waals surface area contributed by atoms with E-state index in [1.807, 2.05) is 56.3 Å². The van der Waals surface area contributed by atoms with Crippen LogP contribution in [0.2, 0.25) is 0 Å². The number of hydrogen-bond donors (Lipinski definition) is 1. The van der Waals surface area contributed by atoms with Gasteiger partial charge in [-0.3, -0.25) is 4.79 Å². The number of anilines is 1. The lowest BCUT2D eigenvalue weighted by atomic mass is 10.1. The number of carbonyl (C=O) groups excluding carboxylic acids is 1. The Hall–Kier alpha value is -1.96. The summed E-state index contributed by atoms with van der Waals surface area (Å²) in [7, 11) is 0. The fourth-order valence-electron chi connectivity index (χ4n) is 2.42. The zero-order valence-corrected chi connectivity index (χ0v) is 17.2. The summed E-state index contributed by atoms with van der Waals surface area (Å²) in [5, 5.41) is 7.49. The summed E-state index contributed by atoms with van der Waals surface area (Å²) in [4.78, 5) is 12.2. The molecule has 2 aromatic carbocycles. The Morgan fingerprint density at radius 1 is 1.15 bits per heavy atom. The second-order valence-corrected chi connectivity index (χ2v) is 8.81. The molecule has 0 atom stereocenters. The highest BCUT2D eigenvalue weighted by Crippen LogP contribution is 2.25. The number of nitrogens with one attached hydrogen (secondary N) is 1. The van der Waals surface area contributed by atoms with Crippen LogP contribution in [-0.2, 0) is 4.79 Å². The van der Waals surface area contributed by atoms with Crippen LogP contribution in [0.1, 0.15) is 16.7 Å². The van der Waals surface area contributed by atoms with Gasteiger partial charge < -0.3 is 5.32 Å². The van der Waals surface area contributed by atoms with E-state index in [-0.39, 0.29) is 5.91 Å². The summed E-state index contributed by atoms with van der Waals surface area (Å²) in [5.41, 5.74) is 5.26. The highest BCUT2D eigenvalue weighted by Gasteiger charge is 2.11. The Kier molecular flexibility index (Phi) is 5.90. The summed E-state index contributed by atoms with van der Waals surface area (Å²) in [6.07, 6.45) is 0. The minimum atomic E-state index is -0.0539. The number of benzene rings is 2. The van der Waals surface area contributed by atoms with E-state index in [1.54, 1.807) is 4.68 Å². The van der Waals surface area contributed by atoms with Crippen LogP contribution in [0, 0.1) is 24.7 Å². The Morgan fingerprint density at radius 3 is 2.65 bits per heavy atom. The minimum absolute atomic E-state index is 0.0539. The third kappa shape index (κ3) is 4.41. The first kappa shape index (κ1) is 18.8. The molecule has 3 aromatic rings. The van der Waals surface area contributed by atoms with Gasteiger partial charge in [0.05, 0.1) is 11.4 Å². The molecule has 0 saturated heterocycles. The van der Waals surface area contributed by atoms with Crippen molar-refractivity contribution in [3.05, 3.63) is 63.1 Å². The van der Waals surface area contributed by atoms with E-state index in [1.165, 1.54) is 28.7 Å². The number of para-hydroxylation sites is 1. The van der Waals surface area contributed by atoms with E-state index in [2.05, 4.69) is 17.3 Å². The van der Waals surface area contributed by atoms with Gasteiger partial charge in [0.1, 0.15) is 0 Å². The first-order valence-corrected chi connectivity index (χ1v) is 10.3. The van der Waals surface area contributed by atoms with Crippen molar-refractivity contribution in [3.63, 3.8) is 0 Å². The highest BCUT2D eigenvalue weighted by atomic mass is 32.2. The lowest BCUT2D eigenvalue weighted by Gasteiger charge is -2.07. The normalized spacial score (nSPS) is 10.7. The summed E-state index contributed by atoms with van der Waals surface area (Å²) in [5.74, 6) is 0.241. The average molecular weight is 402 g/mol. The van der Waals surface area contributed by atoms with Gasteiger partial charge in [0, 0.05) is 5.69 Å². The van der Waals surface area contributed by atoms with Gasteiger partial charge in [0.15, 0.2) is 8.29 Å². The van der Waals surface area contributed by atoms with Crippen molar-refractivity contribution in [1.82, 2.24) is 9.78 Å². The third-order valence-corrected chi connectivity index (χ3v) is 6.36. The van der Waals surface area contributed by atoms with Gasteiger partial charge in [-0.05, 0) is 67.9 Å². The molecule has 0 saturated carbocycles.